The van der Waals surface area contributed by atoms with Crippen LogP contribution in [0.2, 0.25) is 0 Å². The summed E-state index contributed by atoms with van der Waals surface area (Å²) in [4.78, 5) is 0. The minimum Gasteiger partial charge on any atom is -0.0617 e. The van der Waals surface area contributed by atoms with Gasteiger partial charge < -0.3 is 0 Å². The van der Waals surface area contributed by atoms with Crippen LogP contribution >= 0.6 is 0 Å². The summed E-state index contributed by atoms with van der Waals surface area (Å²) in [6.07, 6.45) is 0. The average Bonchev–Trinajstić information content (AvgIpc) is 1.92. The summed E-state index contributed by atoms with van der Waals surface area (Å²) in [5, 5.41) is 0. The SMILES string of the molecule is [CH2]c1cccc(C(C)(C)C)c1C. The van der Waals surface area contributed by atoms with Gasteiger partial charge in [0.15, 0.2) is 0 Å². The smallest absolute Gasteiger partial charge is 0.0129 e. The van der Waals surface area contributed by atoms with E-state index in [1.165, 1.54) is 11.1 Å². The second-order valence-electron chi connectivity index (χ2n) is 4.34. The van der Waals surface area contributed by atoms with Gasteiger partial charge in [0.1, 0.15) is 0 Å². The third kappa shape index (κ3) is 1.69. The molecule has 1 radical (unpaired) electrons. The zero-order valence-corrected chi connectivity index (χ0v) is 8.44. The number of hydrogen-bond donors (Lipinski definition) is 0. The van der Waals surface area contributed by atoms with Crippen LogP contribution in [-0.4, -0.2) is 0 Å². The maximum absolute atomic E-state index is 3.99. The van der Waals surface area contributed by atoms with Crippen LogP contribution in [0.25, 0.3) is 0 Å². The van der Waals surface area contributed by atoms with Crippen molar-refractivity contribution in [1.82, 2.24) is 0 Å². The van der Waals surface area contributed by atoms with Gasteiger partial charge in [0, 0.05) is 0 Å². The molecule has 0 spiro atoms. The van der Waals surface area contributed by atoms with E-state index in [2.05, 4.69) is 52.8 Å². The van der Waals surface area contributed by atoms with Crippen LogP contribution in [-0.2, 0) is 5.41 Å². The summed E-state index contributed by atoms with van der Waals surface area (Å²) in [6.45, 7) is 12.8. The van der Waals surface area contributed by atoms with Crippen molar-refractivity contribution < 1.29 is 0 Å². The largest absolute Gasteiger partial charge is 0.0617 e. The first kappa shape index (κ1) is 9.31. The van der Waals surface area contributed by atoms with Gasteiger partial charge in [0.05, 0.1) is 0 Å². The molecule has 12 heavy (non-hydrogen) atoms. The molecule has 1 rings (SSSR count). The summed E-state index contributed by atoms with van der Waals surface area (Å²) < 4.78 is 0. The Hall–Kier alpha value is -0.780. The van der Waals surface area contributed by atoms with Crippen LogP contribution in [0.5, 0.6) is 0 Å². The minimum atomic E-state index is 0.234. The van der Waals surface area contributed by atoms with Crippen molar-refractivity contribution >= 4 is 0 Å². The number of benzene rings is 1. The van der Waals surface area contributed by atoms with Gasteiger partial charge in [-0.3, -0.25) is 0 Å². The van der Waals surface area contributed by atoms with Gasteiger partial charge in [-0.15, -0.1) is 0 Å². The lowest BCUT2D eigenvalue weighted by Crippen LogP contribution is -2.13. The highest BCUT2D eigenvalue weighted by molar-refractivity contribution is 5.39. The zero-order chi connectivity index (χ0) is 9.35. The topological polar surface area (TPSA) is 0 Å². The van der Waals surface area contributed by atoms with Crippen molar-refractivity contribution in [2.24, 2.45) is 0 Å². The summed E-state index contributed by atoms with van der Waals surface area (Å²) in [7, 11) is 0. The molecule has 0 saturated carbocycles. The Morgan fingerprint density at radius 1 is 1.17 bits per heavy atom. The summed E-state index contributed by atoms with van der Waals surface area (Å²) in [5.41, 5.74) is 4.10. The Labute approximate surface area is 75.6 Å². The van der Waals surface area contributed by atoms with Crippen LogP contribution in [0, 0.1) is 13.8 Å². The van der Waals surface area contributed by atoms with Crippen molar-refractivity contribution in [2.75, 3.05) is 0 Å². The maximum atomic E-state index is 3.99. The lowest BCUT2D eigenvalue weighted by molar-refractivity contribution is 0.586. The Kier molecular flexibility index (Phi) is 2.27. The first-order chi connectivity index (χ1) is 5.43. The van der Waals surface area contributed by atoms with Crippen molar-refractivity contribution in [3.63, 3.8) is 0 Å². The molecule has 0 saturated heterocycles. The fourth-order valence-corrected chi connectivity index (χ4v) is 1.50. The van der Waals surface area contributed by atoms with Gasteiger partial charge in [-0.05, 0) is 36.0 Å². The molecule has 0 fully saturated rings. The summed E-state index contributed by atoms with van der Waals surface area (Å²) >= 11 is 0. The van der Waals surface area contributed by atoms with Gasteiger partial charge in [-0.2, -0.15) is 0 Å². The Balaban J connectivity index is 3.26. The highest BCUT2D eigenvalue weighted by Crippen LogP contribution is 2.26. The fraction of sp³-hybridized carbons (Fsp3) is 0.417. The summed E-state index contributed by atoms with van der Waals surface area (Å²) in [5.74, 6) is 0. The third-order valence-corrected chi connectivity index (χ3v) is 2.25. The molecule has 0 atom stereocenters. The highest BCUT2D eigenvalue weighted by Gasteiger charge is 2.15. The highest BCUT2D eigenvalue weighted by atomic mass is 14.2. The molecule has 0 aromatic heterocycles. The first-order valence-corrected chi connectivity index (χ1v) is 4.35. The van der Waals surface area contributed by atoms with Gasteiger partial charge in [0.25, 0.3) is 0 Å². The van der Waals surface area contributed by atoms with Crippen LogP contribution in [0.15, 0.2) is 18.2 Å². The number of hydrogen-bond acceptors (Lipinski definition) is 0. The van der Waals surface area contributed by atoms with E-state index in [-0.39, 0.29) is 5.41 Å². The molecule has 0 bridgehead atoms. The standard InChI is InChI=1S/C12H17/c1-9-7-6-8-11(10(9)2)12(3,4)5/h6-8H,1H2,2-5H3. The lowest BCUT2D eigenvalue weighted by Gasteiger charge is -2.22. The van der Waals surface area contributed by atoms with E-state index in [1.54, 1.807) is 0 Å². The molecule has 65 valence electrons. The van der Waals surface area contributed by atoms with E-state index >= 15 is 0 Å². The molecule has 0 aliphatic carbocycles. The van der Waals surface area contributed by atoms with Gasteiger partial charge in [0.2, 0.25) is 0 Å². The van der Waals surface area contributed by atoms with E-state index < -0.39 is 0 Å². The fourth-order valence-electron chi connectivity index (χ4n) is 1.50. The Bertz CT molecular complexity index is 277. The summed E-state index contributed by atoms with van der Waals surface area (Å²) in [6, 6.07) is 6.32. The molecule has 0 heteroatoms. The minimum absolute atomic E-state index is 0.234. The van der Waals surface area contributed by atoms with Crippen LogP contribution in [0.1, 0.15) is 37.5 Å². The molecule has 0 aliphatic heterocycles. The Morgan fingerprint density at radius 3 is 2.17 bits per heavy atom. The van der Waals surface area contributed by atoms with E-state index in [1.807, 2.05) is 0 Å². The molecule has 0 N–H and O–H groups in total. The van der Waals surface area contributed by atoms with E-state index in [4.69, 9.17) is 0 Å². The molecule has 0 amide bonds. The van der Waals surface area contributed by atoms with Crippen LogP contribution < -0.4 is 0 Å². The molecule has 1 aromatic carbocycles. The van der Waals surface area contributed by atoms with Crippen LogP contribution in [0.4, 0.5) is 0 Å². The second-order valence-corrected chi connectivity index (χ2v) is 4.34. The molecule has 0 aliphatic rings. The maximum Gasteiger partial charge on any atom is -0.0129 e. The number of rotatable bonds is 0. The van der Waals surface area contributed by atoms with E-state index in [0.29, 0.717) is 0 Å². The normalized spacial score (nSPS) is 11.8. The van der Waals surface area contributed by atoms with Crippen molar-refractivity contribution in [3.05, 3.63) is 41.8 Å². The molecule has 0 unspecified atom stereocenters. The zero-order valence-electron chi connectivity index (χ0n) is 8.44. The third-order valence-electron chi connectivity index (χ3n) is 2.25. The predicted molar refractivity (Wildman–Crippen MR) is 54.3 cm³/mol. The van der Waals surface area contributed by atoms with Crippen LogP contribution in [0.3, 0.4) is 0 Å². The predicted octanol–water partition coefficient (Wildman–Crippen LogP) is 3.47. The van der Waals surface area contributed by atoms with Crippen molar-refractivity contribution in [2.45, 2.75) is 33.1 Å². The van der Waals surface area contributed by atoms with Crippen molar-refractivity contribution in [3.8, 4) is 0 Å². The average molecular weight is 161 g/mol. The second kappa shape index (κ2) is 2.93. The first-order valence-electron chi connectivity index (χ1n) is 4.35. The lowest BCUT2D eigenvalue weighted by atomic mass is 9.83. The van der Waals surface area contributed by atoms with Crippen molar-refractivity contribution in [1.29, 1.82) is 0 Å². The van der Waals surface area contributed by atoms with Gasteiger partial charge >= 0.3 is 0 Å². The van der Waals surface area contributed by atoms with E-state index in [0.717, 1.165) is 5.56 Å². The molecule has 1 aromatic rings. The quantitative estimate of drug-likeness (QED) is 0.546. The molecular weight excluding hydrogens is 144 g/mol. The van der Waals surface area contributed by atoms with E-state index in [9.17, 15) is 0 Å². The van der Waals surface area contributed by atoms with Gasteiger partial charge in [-0.1, -0.05) is 39.0 Å². The molecule has 0 heterocycles. The monoisotopic (exact) mass is 161 g/mol. The Morgan fingerprint density at radius 2 is 1.75 bits per heavy atom. The molecular formula is C12H17. The molecule has 0 nitrogen and oxygen atoms in total. The van der Waals surface area contributed by atoms with Gasteiger partial charge in [-0.25, -0.2) is 0 Å².